The Bertz CT molecular complexity index is 610. The molecule has 0 saturated carbocycles. The number of carbonyl (C=O) groups is 1. The number of benzene rings is 2. The quantitative estimate of drug-likeness (QED) is 0.635. The summed E-state index contributed by atoms with van der Waals surface area (Å²) in [6, 6.07) is 15.3. The molecule has 3 heteroatoms. The van der Waals surface area contributed by atoms with Crippen LogP contribution in [-0.2, 0) is 0 Å². The van der Waals surface area contributed by atoms with E-state index in [1.165, 1.54) is 5.19 Å². The lowest BCUT2D eigenvalue weighted by molar-refractivity contribution is 0.103. The summed E-state index contributed by atoms with van der Waals surface area (Å²) in [6.07, 6.45) is 0. The average Bonchev–Trinajstić information content (AvgIpc) is 2.46. The van der Waals surface area contributed by atoms with Gasteiger partial charge >= 0.3 is 0 Å². The zero-order valence-corrected chi connectivity index (χ0v) is 13.4. The van der Waals surface area contributed by atoms with E-state index in [1.807, 2.05) is 42.5 Å². The SMILES string of the molecule is COc1ccc(C(=O)c2cccc([Si](C)(C)C)c2)cc1. The van der Waals surface area contributed by atoms with Crippen LogP contribution in [0.1, 0.15) is 15.9 Å². The van der Waals surface area contributed by atoms with E-state index in [0.29, 0.717) is 5.56 Å². The minimum Gasteiger partial charge on any atom is -0.497 e. The summed E-state index contributed by atoms with van der Waals surface area (Å²) < 4.78 is 5.11. The summed E-state index contributed by atoms with van der Waals surface area (Å²) in [7, 11) is 0.221. The number of methoxy groups -OCH3 is 1. The molecule has 0 bridgehead atoms. The minimum atomic E-state index is -1.40. The van der Waals surface area contributed by atoms with Gasteiger partial charge < -0.3 is 4.74 Å². The normalized spacial score (nSPS) is 11.2. The zero-order chi connectivity index (χ0) is 14.8. The Kier molecular flexibility index (Phi) is 4.09. The molecule has 2 aromatic rings. The van der Waals surface area contributed by atoms with Crippen molar-refractivity contribution >= 4 is 19.0 Å². The summed E-state index contributed by atoms with van der Waals surface area (Å²) in [5.74, 6) is 0.824. The summed E-state index contributed by atoms with van der Waals surface area (Å²) in [5, 5.41) is 1.30. The number of carbonyl (C=O) groups excluding carboxylic acids is 1. The van der Waals surface area contributed by atoms with Crippen LogP contribution in [0.3, 0.4) is 0 Å². The third kappa shape index (κ3) is 3.17. The van der Waals surface area contributed by atoms with Crippen molar-refractivity contribution in [1.29, 1.82) is 0 Å². The number of hydrogen-bond donors (Lipinski definition) is 0. The van der Waals surface area contributed by atoms with Gasteiger partial charge in [-0.2, -0.15) is 0 Å². The molecule has 0 radical (unpaired) electrons. The minimum absolute atomic E-state index is 0.0627. The molecular formula is C17H20O2Si. The van der Waals surface area contributed by atoms with Crippen LogP contribution in [-0.4, -0.2) is 21.0 Å². The van der Waals surface area contributed by atoms with E-state index in [0.717, 1.165) is 11.3 Å². The van der Waals surface area contributed by atoms with E-state index in [1.54, 1.807) is 7.11 Å². The van der Waals surface area contributed by atoms with Gasteiger partial charge in [-0.15, -0.1) is 0 Å². The second-order valence-corrected chi connectivity index (χ2v) is 11.0. The highest BCUT2D eigenvalue weighted by Gasteiger charge is 2.18. The predicted molar refractivity (Wildman–Crippen MR) is 85.8 cm³/mol. The second kappa shape index (κ2) is 5.63. The van der Waals surface area contributed by atoms with Gasteiger partial charge in [0.1, 0.15) is 5.75 Å². The van der Waals surface area contributed by atoms with Crippen molar-refractivity contribution in [2.24, 2.45) is 0 Å². The van der Waals surface area contributed by atoms with E-state index in [4.69, 9.17) is 4.74 Å². The van der Waals surface area contributed by atoms with Crippen LogP contribution in [0.25, 0.3) is 0 Å². The second-order valence-electron chi connectivity index (χ2n) is 5.89. The maximum Gasteiger partial charge on any atom is 0.193 e. The van der Waals surface area contributed by atoms with Crippen molar-refractivity contribution in [2.45, 2.75) is 19.6 Å². The Labute approximate surface area is 121 Å². The van der Waals surface area contributed by atoms with Gasteiger partial charge in [-0.05, 0) is 24.3 Å². The van der Waals surface area contributed by atoms with Gasteiger partial charge in [-0.25, -0.2) is 0 Å². The molecule has 104 valence electrons. The van der Waals surface area contributed by atoms with E-state index in [9.17, 15) is 4.79 Å². The van der Waals surface area contributed by atoms with E-state index >= 15 is 0 Å². The highest BCUT2D eigenvalue weighted by molar-refractivity contribution is 6.88. The van der Waals surface area contributed by atoms with Gasteiger partial charge in [0.05, 0.1) is 15.2 Å². The molecule has 2 aromatic carbocycles. The first kappa shape index (κ1) is 14.5. The standard InChI is InChI=1S/C17H20O2Si/c1-19-15-10-8-13(9-11-15)17(18)14-6-5-7-16(12-14)20(2,3)4/h5-12H,1-4H3. The summed E-state index contributed by atoms with van der Waals surface area (Å²) in [6.45, 7) is 6.85. The molecule has 0 saturated heterocycles. The van der Waals surface area contributed by atoms with Crippen LogP contribution in [0.4, 0.5) is 0 Å². The number of hydrogen-bond acceptors (Lipinski definition) is 2. The third-order valence-corrected chi connectivity index (χ3v) is 5.39. The van der Waals surface area contributed by atoms with E-state index in [2.05, 4.69) is 25.7 Å². The molecule has 0 aliphatic carbocycles. The van der Waals surface area contributed by atoms with Crippen molar-refractivity contribution in [2.75, 3.05) is 7.11 Å². The van der Waals surface area contributed by atoms with Crippen molar-refractivity contribution in [3.05, 3.63) is 59.7 Å². The first-order valence-electron chi connectivity index (χ1n) is 6.71. The van der Waals surface area contributed by atoms with Crippen LogP contribution in [0, 0.1) is 0 Å². The molecular weight excluding hydrogens is 264 g/mol. The molecule has 0 N–H and O–H groups in total. The molecule has 2 rings (SSSR count). The molecule has 0 heterocycles. The predicted octanol–water partition coefficient (Wildman–Crippen LogP) is 3.47. The van der Waals surface area contributed by atoms with Crippen LogP contribution < -0.4 is 9.92 Å². The van der Waals surface area contributed by atoms with Crippen LogP contribution >= 0.6 is 0 Å². The summed E-state index contributed by atoms with van der Waals surface area (Å²) in [5.41, 5.74) is 1.45. The summed E-state index contributed by atoms with van der Waals surface area (Å²) in [4.78, 5) is 12.5. The lowest BCUT2D eigenvalue weighted by Crippen LogP contribution is -2.37. The smallest absolute Gasteiger partial charge is 0.193 e. The Balaban J connectivity index is 2.33. The van der Waals surface area contributed by atoms with E-state index in [-0.39, 0.29) is 5.78 Å². The van der Waals surface area contributed by atoms with Gasteiger partial charge in [0.25, 0.3) is 0 Å². The molecule has 0 unspecified atom stereocenters. The zero-order valence-electron chi connectivity index (χ0n) is 12.4. The largest absolute Gasteiger partial charge is 0.497 e. The highest BCUT2D eigenvalue weighted by atomic mass is 28.3. The Hall–Kier alpha value is -1.87. The van der Waals surface area contributed by atoms with Gasteiger partial charge in [0.2, 0.25) is 0 Å². The summed E-state index contributed by atoms with van der Waals surface area (Å²) >= 11 is 0. The molecule has 0 atom stereocenters. The molecule has 0 aromatic heterocycles. The van der Waals surface area contributed by atoms with Crippen LogP contribution in [0.15, 0.2) is 48.5 Å². The van der Waals surface area contributed by atoms with Gasteiger partial charge in [-0.1, -0.05) is 49.1 Å². The number of ketones is 1. The monoisotopic (exact) mass is 284 g/mol. The van der Waals surface area contributed by atoms with Crippen molar-refractivity contribution < 1.29 is 9.53 Å². The first-order chi connectivity index (χ1) is 9.41. The van der Waals surface area contributed by atoms with Crippen molar-refractivity contribution in [3.63, 3.8) is 0 Å². The lowest BCUT2D eigenvalue weighted by Gasteiger charge is -2.17. The van der Waals surface area contributed by atoms with Gasteiger partial charge in [-0.3, -0.25) is 4.79 Å². The highest BCUT2D eigenvalue weighted by Crippen LogP contribution is 2.15. The fourth-order valence-electron chi connectivity index (χ4n) is 2.04. The van der Waals surface area contributed by atoms with Crippen molar-refractivity contribution in [1.82, 2.24) is 0 Å². The van der Waals surface area contributed by atoms with Crippen molar-refractivity contribution in [3.8, 4) is 5.75 Å². The number of rotatable bonds is 4. The van der Waals surface area contributed by atoms with Gasteiger partial charge in [0.15, 0.2) is 5.78 Å². The first-order valence-corrected chi connectivity index (χ1v) is 10.2. The van der Waals surface area contributed by atoms with Gasteiger partial charge in [0, 0.05) is 11.1 Å². The molecule has 20 heavy (non-hydrogen) atoms. The third-order valence-electron chi connectivity index (χ3n) is 3.34. The van der Waals surface area contributed by atoms with Crippen LogP contribution in [0.2, 0.25) is 19.6 Å². The Morgan fingerprint density at radius 2 is 1.60 bits per heavy atom. The maximum atomic E-state index is 12.5. The fraction of sp³-hybridized carbons (Fsp3) is 0.235. The average molecular weight is 284 g/mol. The molecule has 0 aliphatic rings. The van der Waals surface area contributed by atoms with E-state index < -0.39 is 8.07 Å². The molecule has 2 nitrogen and oxygen atoms in total. The molecule has 0 amide bonds. The fourth-order valence-corrected chi connectivity index (χ4v) is 3.22. The molecule has 0 aliphatic heterocycles. The Morgan fingerprint density at radius 1 is 0.950 bits per heavy atom. The lowest BCUT2D eigenvalue weighted by atomic mass is 10.0. The van der Waals surface area contributed by atoms with Crippen LogP contribution in [0.5, 0.6) is 5.75 Å². The maximum absolute atomic E-state index is 12.5. The number of ether oxygens (including phenoxy) is 1. The molecule has 0 spiro atoms. The topological polar surface area (TPSA) is 26.3 Å². The Morgan fingerprint density at radius 3 is 2.15 bits per heavy atom. The molecule has 0 fully saturated rings.